The summed E-state index contributed by atoms with van der Waals surface area (Å²) in [5, 5.41) is 0. The van der Waals surface area contributed by atoms with Crippen molar-refractivity contribution in [3.05, 3.63) is 0 Å². The molecule has 11 heteroatoms. The summed E-state index contributed by atoms with van der Waals surface area (Å²) in [5.74, 6) is -3.71. The topological polar surface area (TPSA) is 141 Å². The first-order valence-corrected chi connectivity index (χ1v) is 7.99. The molecule has 0 aromatic carbocycles. The van der Waals surface area contributed by atoms with Gasteiger partial charge in [0.2, 0.25) is 12.4 Å². The van der Waals surface area contributed by atoms with Crippen LogP contribution in [0.3, 0.4) is 0 Å². The lowest BCUT2D eigenvalue weighted by atomic mass is 9.98. The third kappa shape index (κ3) is 7.21. The van der Waals surface area contributed by atoms with Crippen molar-refractivity contribution >= 4 is 29.8 Å². The fraction of sp³-hybridized carbons (Fsp3) is 0.688. The first-order chi connectivity index (χ1) is 12.5. The number of esters is 5. The maximum absolute atomic E-state index is 11.5. The molecule has 1 aliphatic rings. The fourth-order valence-electron chi connectivity index (χ4n) is 2.45. The minimum atomic E-state index is -1.48. The summed E-state index contributed by atoms with van der Waals surface area (Å²) in [4.78, 5) is 57.0. The molecule has 1 heterocycles. The van der Waals surface area contributed by atoms with Crippen LogP contribution in [-0.2, 0) is 52.4 Å². The van der Waals surface area contributed by atoms with E-state index in [1.54, 1.807) is 0 Å². The van der Waals surface area contributed by atoms with Gasteiger partial charge >= 0.3 is 29.8 Å². The molecule has 0 saturated carbocycles. The summed E-state index contributed by atoms with van der Waals surface area (Å²) >= 11 is 0. The Balaban J connectivity index is 3.29. The molecule has 0 radical (unpaired) electrons. The van der Waals surface area contributed by atoms with Gasteiger partial charge in [-0.1, -0.05) is 0 Å². The van der Waals surface area contributed by atoms with E-state index in [9.17, 15) is 24.0 Å². The van der Waals surface area contributed by atoms with Crippen LogP contribution in [0.15, 0.2) is 0 Å². The van der Waals surface area contributed by atoms with Gasteiger partial charge in [0.1, 0.15) is 12.7 Å². The molecule has 0 aliphatic carbocycles. The fourth-order valence-corrected chi connectivity index (χ4v) is 2.45. The predicted octanol–water partition coefficient (Wildman–Crippen LogP) is -0.367. The average molecular weight is 390 g/mol. The molecule has 2 unspecified atom stereocenters. The number of hydrogen-bond donors (Lipinski definition) is 0. The second-order valence-corrected chi connectivity index (χ2v) is 5.68. The Morgan fingerprint density at radius 1 is 0.630 bits per heavy atom. The largest absolute Gasteiger partial charge is 0.463 e. The maximum Gasteiger partial charge on any atom is 0.305 e. The molecule has 11 nitrogen and oxygen atoms in total. The lowest BCUT2D eigenvalue weighted by molar-refractivity contribution is -0.300. The van der Waals surface area contributed by atoms with Gasteiger partial charge in [-0.3, -0.25) is 24.0 Å². The van der Waals surface area contributed by atoms with E-state index in [1.165, 1.54) is 0 Å². The van der Waals surface area contributed by atoms with Gasteiger partial charge in [-0.2, -0.15) is 0 Å². The van der Waals surface area contributed by atoms with Crippen molar-refractivity contribution in [3.63, 3.8) is 0 Å². The number of ether oxygens (including phenoxy) is 6. The van der Waals surface area contributed by atoms with Crippen molar-refractivity contribution in [2.45, 2.75) is 65.3 Å². The number of hydrogen-bond acceptors (Lipinski definition) is 11. The highest BCUT2D eigenvalue weighted by Gasteiger charge is 2.53. The SMILES string of the molecule is CC(=O)OCC1O[C@@H](OC(C)=O)C(OC(C)=O)[C@@H](OC(C)=O)[C@H]1OC(C)=O. The zero-order valence-electron chi connectivity index (χ0n) is 15.6. The number of carbonyl (C=O) groups excluding carboxylic acids is 5. The standard InChI is InChI=1S/C16H22O11/c1-7(17)22-6-12-13(23-8(2)18)14(24-9(3)19)15(25-10(4)20)16(27-12)26-11(5)21/h12-16H,6H2,1-5H3/t12?,13-,14-,15?,16+/m0/s1. The van der Waals surface area contributed by atoms with Gasteiger partial charge in [-0.05, 0) is 0 Å². The predicted molar refractivity (Wildman–Crippen MR) is 83.7 cm³/mol. The summed E-state index contributed by atoms with van der Waals surface area (Å²) in [6.45, 7) is 5.13. The molecule has 1 rings (SSSR count). The van der Waals surface area contributed by atoms with E-state index < -0.39 is 67.2 Å². The molecule has 152 valence electrons. The van der Waals surface area contributed by atoms with Crippen LogP contribution in [-0.4, -0.2) is 67.2 Å². The third-order valence-electron chi connectivity index (χ3n) is 3.23. The highest BCUT2D eigenvalue weighted by atomic mass is 16.7. The van der Waals surface area contributed by atoms with Crippen molar-refractivity contribution in [2.75, 3.05) is 6.61 Å². The Labute approximate surface area is 155 Å². The summed E-state index contributed by atoms with van der Waals surface area (Å²) in [7, 11) is 0. The zero-order valence-corrected chi connectivity index (χ0v) is 15.6. The van der Waals surface area contributed by atoms with Crippen molar-refractivity contribution in [1.29, 1.82) is 0 Å². The second-order valence-electron chi connectivity index (χ2n) is 5.68. The van der Waals surface area contributed by atoms with E-state index in [0.717, 1.165) is 34.6 Å². The molecule has 0 N–H and O–H groups in total. The molecule has 0 amide bonds. The number of carbonyl (C=O) groups is 5. The lowest BCUT2D eigenvalue weighted by Gasteiger charge is -2.43. The summed E-state index contributed by atoms with van der Waals surface area (Å²) in [5.41, 5.74) is 0. The zero-order chi connectivity index (χ0) is 20.7. The number of rotatable bonds is 6. The highest BCUT2D eigenvalue weighted by molar-refractivity contribution is 5.69. The van der Waals surface area contributed by atoms with Crippen LogP contribution in [0.2, 0.25) is 0 Å². The van der Waals surface area contributed by atoms with E-state index in [4.69, 9.17) is 28.4 Å². The Morgan fingerprint density at radius 2 is 1.07 bits per heavy atom. The van der Waals surface area contributed by atoms with E-state index in [1.807, 2.05) is 0 Å². The van der Waals surface area contributed by atoms with Crippen LogP contribution in [0.4, 0.5) is 0 Å². The van der Waals surface area contributed by atoms with Crippen LogP contribution in [0.25, 0.3) is 0 Å². The molecule has 1 saturated heterocycles. The van der Waals surface area contributed by atoms with Crippen molar-refractivity contribution in [3.8, 4) is 0 Å². The molecule has 0 aromatic heterocycles. The highest BCUT2D eigenvalue weighted by Crippen LogP contribution is 2.29. The smallest absolute Gasteiger partial charge is 0.305 e. The second kappa shape index (κ2) is 9.86. The van der Waals surface area contributed by atoms with E-state index in [2.05, 4.69) is 0 Å². The third-order valence-corrected chi connectivity index (χ3v) is 3.23. The summed E-state index contributed by atoms with van der Waals surface area (Å²) in [6, 6.07) is 0. The van der Waals surface area contributed by atoms with Crippen LogP contribution >= 0.6 is 0 Å². The van der Waals surface area contributed by atoms with E-state index >= 15 is 0 Å². The van der Waals surface area contributed by atoms with Gasteiger partial charge in [-0.15, -0.1) is 0 Å². The molecular formula is C16H22O11. The van der Waals surface area contributed by atoms with Crippen molar-refractivity contribution < 1.29 is 52.4 Å². The van der Waals surface area contributed by atoms with Gasteiger partial charge in [-0.25, -0.2) is 0 Å². The quantitative estimate of drug-likeness (QED) is 0.433. The Hall–Kier alpha value is -2.69. The van der Waals surface area contributed by atoms with Gasteiger partial charge < -0.3 is 28.4 Å². The summed E-state index contributed by atoms with van der Waals surface area (Å²) in [6.07, 6.45) is -6.70. The van der Waals surface area contributed by atoms with Crippen molar-refractivity contribution in [1.82, 2.24) is 0 Å². The monoisotopic (exact) mass is 390 g/mol. The molecule has 1 aliphatic heterocycles. The Kier molecular flexibility index (Phi) is 8.16. The lowest BCUT2D eigenvalue weighted by Crippen LogP contribution is -2.63. The van der Waals surface area contributed by atoms with Crippen LogP contribution in [0, 0.1) is 0 Å². The first kappa shape index (κ1) is 22.4. The molecule has 0 aromatic rings. The minimum Gasteiger partial charge on any atom is -0.463 e. The minimum absolute atomic E-state index is 0.393. The van der Waals surface area contributed by atoms with Crippen LogP contribution < -0.4 is 0 Å². The molecular weight excluding hydrogens is 368 g/mol. The normalized spacial score (nSPS) is 27.1. The molecule has 5 atom stereocenters. The van der Waals surface area contributed by atoms with E-state index in [0.29, 0.717) is 0 Å². The first-order valence-electron chi connectivity index (χ1n) is 7.99. The van der Waals surface area contributed by atoms with Crippen molar-refractivity contribution in [2.24, 2.45) is 0 Å². The summed E-state index contributed by atoms with van der Waals surface area (Å²) < 4.78 is 30.8. The Morgan fingerprint density at radius 3 is 1.52 bits per heavy atom. The average Bonchev–Trinajstić information content (AvgIpc) is 2.49. The molecule has 1 fully saturated rings. The van der Waals surface area contributed by atoms with Gasteiger partial charge in [0.25, 0.3) is 0 Å². The Bertz CT molecular complexity index is 599. The molecule has 27 heavy (non-hydrogen) atoms. The maximum atomic E-state index is 11.5. The van der Waals surface area contributed by atoms with Crippen LogP contribution in [0.1, 0.15) is 34.6 Å². The van der Waals surface area contributed by atoms with Crippen LogP contribution in [0.5, 0.6) is 0 Å². The van der Waals surface area contributed by atoms with Gasteiger partial charge in [0.05, 0.1) is 0 Å². The van der Waals surface area contributed by atoms with Gasteiger partial charge in [0, 0.05) is 34.6 Å². The van der Waals surface area contributed by atoms with Gasteiger partial charge in [0.15, 0.2) is 12.2 Å². The molecule has 0 spiro atoms. The molecule has 0 bridgehead atoms. The van der Waals surface area contributed by atoms with E-state index in [-0.39, 0.29) is 0 Å².